The van der Waals surface area contributed by atoms with E-state index in [0.29, 0.717) is 0 Å². The minimum Gasteiger partial charge on any atom is -0.310 e. The summed E-state index contributed by atoms with van der Waals surface area (Å²) in [6, 6.07) is 75.1. The van der Waals surface area contributed by atoms with E-state index in [2.05, 4.69) is 219 Å². The summed E-state index contributed by atoms with van der Waals surface area (Å²) in [5.74, 6) is 0. The molecule has 1 atom stereocenters. The van der Waals surface area contributed by atoms with Gasteiger partial charge in [0.1, 0.15) is 0 Å². The molecule has 9 aromatic carbocycles. The van der Waals surface area contributed by atoms with Gasteiger partial charge in [0.2, 0.25) is 0 Å². The van der Waals surface area contributed by atoms with Crippen molar-refractivity contribution in [1.82, 2.24) is 0 Å². The van der Waals surface area contributed by atoms with Crippen molar-refractivity contribution in [2.45, 2.75) is 24.7 Å². The summed E-state index contributed by atoms with van der Waals surface area (Å²) < 4.78 is 0. The maximum Gasteiger partial charge on any atom is 0.0732 e. The van der Waals surface area contributed by atoms with E-state index >= 15 is 0 Å². The first-order valence-electron chi connectivity index (χ1n) is 20.1. The van der Waals surface area contributed by atoms with Gasteiger partial charge in [-0.1, -0.05) is 184 Å². The number of hydrogen-bond acceptors (Lipinski definition) is 1. The zero-order chi connectivity index (χ0) is 37.9. The number of hydrogen-bond donors (Lipinski definition) is 0. The second-order valence-electron chi connectivity index (χ2n) is 16.4. The topological polar surface area (TPSA) is 3.24 Å². The second kappa shape index (κ2) is 11.8. The van der Waals surface area contributed by atoms with Crippen molar-refractivity contribution in [3.8, 4) is 44.5 Å². The summed E-state index contributed by atoms with van der Waals surface area (Å²) in [5.41, 5.74) is 21.2. The van der Waals surface area contributed by atoms with Gasteiger partial charge < -0.3 is 4.90 Å². The highest BCUT2D eigenvalue weighted by Crippen LogP contribution is 2.64. The Balaban J connectivity index is 1.21. The Bertz CT molecular complexity index is 3100. The third-order valence-corrected chi connectivity index (χ3v) is 13.2. The normalized spacial score (nSPS) is 16.1. The average Bonchev–Trinajstić information content (AvgIpc) is 3.69. The summed E-state index contributed by atoms with van der Waals surface area (Å²) in [7, 11) is 0. The first kappa shape index (κ1) is 32.3. The summed E-state index contributed by atoms with van der Waals surface area (Å²) in [6.07, 6.45) is 0. The summed E-state index contributed by atoms with van der Waals surface area (Å²) in [5, 5.41) is 2.61. The second-order valence-corrected chi connectivity index (χ2v) is 16.4. The van der Waals surface area contributed by atoms with Crippen molar-refractivity contribution in [2.24, 2.45) is 0 Å². The zero-order valence-corrected chi connectivity index (χ0v) is 32.0. The van der Waals surface area contributed by atoms with Gasteiger partial charge in [-0.05, 0) is 119 Å². The smallest absolute Gasteiger partial charge is 0.0732 e. The quantitative estimate of drug-likeness (QED) is 0.175. The van der Waals surface area contributed by atoms with E-state index < -0.39 is 5.41 Å². The lowest BCUT2D eigenvalue weighted by atomic mass is 9.60. The molecule has 1 spiro atoms. The lowest BCUT2D eigenvalue weighted by Crippen LogP contribution is -2.32. The van der Waals surface area contributed by atoms with Crippen molar-refractivity contribution in [3.05, 3.63) is 234 Å². The standard InChI is InChI=1S/C56H39N/c1-55(2)47-27-12-9-24-43(47)46-26-16-30-51(53(46)55)57(38-20-7-4-8-21-38)39-32-34-44-41-22-10-13-28-48(41)56(50(44)35-39)49-29-14-11-23-42(49)45-25-15-19-37-31-33-40(54(56)52(37)45)36-17-5-3-6-18-36/h3-35H,1-2H3. The van der Waals surface area contributed by atoms with Crippen LogP contribution in [0.2, 0.25) is 0 Å². The van der Waals surface area contributed by atoms with E-state index in [0.717, 1.165) is 11.4 Å². The van der Waals surface area contributed by atoms with Crippen LogP contribution in [-0.2, 0) is 10.8 Å². The first-order chi connectivity index (χ1) is 28.1. The third kappa shape index (κ3) is 4.24. The number of benzene rings is 9. The van der Waals surface area contributed by atoms with Gasteiger partial charge in [-0.2, -0.15) is 0 Å². The summed E-state index contributed by atoms with van der Waals surface area (Å²) >= 11 is 0. The SMILES string of the molecule is CC1(C)c2ccccc2-c2cccc(N(c3ccccc3)c3ccc4c(c3)C3(c5ccccc5-4)c4ccccc4-c4cccc5ccc(-c6ccccc6)c3c45)c21. The number of anilines is 3. The van der Waals surface area contributed by atoms with E-state index in [1.54, 1.807) is 0 Å². The molecule has 12 rings (SSSR count). The molecule has 0 saturated heterocycles. The molecule has 0 saturated carbocycles. The highest BCUT2D eigenvalue weighted by molar-refractivity contribution is 6.10. The van der Waals surface area contributed by atoms with Crippen molar-refractivity contribution >= 4 is 27.8 Å². The van der Waals surface area contributed by atoms with E-state index in [-0.39, 0.29) is 5.41 Å². The Morgan fingerprint density at radius 3 is 1.63 bits per heavy atom. The molecule has 1 unspecified atom stereocenters. The largest absolute Gasteiger partial charge is 0.310 e. The number of nitrogens with zero attached hydrogens (tertiary/aromatic N) is 1. The Morgan fingerprint density at radius 2 is 0.895 bits per heavy atom. The molecule has 1 nitrogen and oxygen atoms in total. The van der Waals surface area contributed by atoms with Crippen LogP contribution < -0.4 is 4.90 Å². The van der Waals surface area contributed by atoms with Crippen molar-refractivity contribution in [1.29, 1.82) is 0 Å². The minimum atomic E-state index is -0.575. The van der Waals surface area contributed by atoms with E-state index in [9.17, 15) is 0 Å². The molecule has 1 heteroatoms. The van der Waals surface area contributed by atoms with E-state index in [4.69, 9.17) is 0 Å². The highest BCUT2D eigenvalue weighted by Gasteiger charge is 2.51. The molecule has 0 bridgehead atoms. The Labute approximate surface area is 334 Å². The number of fused-ring (bicyclic) bond motifs is 12. The van der Waals surface area contributed by atoms with Crippen LogP contribution in [0.25, 0.3) is 55.3 Å². The molecule has 3 aliphatic rings. The van der Waals surface area contributed by atoms with Gasteiger partial charge in [0.25, 0.3) is 0 Å². The van der Waals surface area contributed by atoms with Crippen LogP contribution in [0.4, 0.5) is 17.1 Å². The maximum atomic E-state index is 2.54. The molecule has 57 heavy (non-hydrogen) atoms. The molecular formula is C56H39N. The van der Waals surface area contributed by atoms with Gasteiger partial charge >= 0.3 is 0 Å². The fourth-order valence-corrected chi connectivity index (χ4v) is 11.0. The molecule has 0 heterocycles. The lowest BCUT2D eigenvalue weighted by molar-refractivity contribution is 0.661. The predicted molar refractivity (Wildman–Crippen MR) is 238 cm³/mol. The number of rotatable bonds is 4. The van der Waals surface area contributed by atoms with Crippen molar-refractivity contribution in [2.75, 3.05) is 4.90 Å². The number of para-hydroxylation sites is 1. The molecule has 0 aliphatic heterocycles. The zero-order valence-electron chi connectivity index (χ0n) is 32.0. The molecule has 9 aromatic rings. The predicted octanol–water partition coefficient (Wildman–Crippen LogP) is 14.6. The van der Waals surface area contributed by atoms with Crippen LogP contribution in [0.15, 0.2) is 200 Å². The molecule has 3 aliphatic carbocycles. The van der Waals surface area contributed by atoms with Gasteiger partial charge in [0.05, 0.1) is 11.1 Å². The van der Waals surface area contributed by atoms with Gasteiger partial charge in [0, 0.05) is 16.8 Å². The first-order valence-corrected chi connectivity index (χ1v) is 20.1. The molecule has 0 radical (unpaired) electrons. The van der Waals surface area contributed by atoms with Crippen LogP contribution >= 0.6 is 0 Å². The molecule has 0 N–H and O–H groups in total. The monoisotopic (exact) mass is 725 g/mol. The minimum absolute atomic E-state index is 0.185. The van der Waals surface area contributed by atoms with E-state index in [1.807, 2.05) is 0 Å². The summed E-state index contributed by atoms with van der Waals surface area (Å²) in [6.45, 7) is 4.78. The lowest BCUT2D eigenvalue weighted by Gasteiger charge is -2.42. The fourth-order valence-electron chi connectivity index (χ4n) is 11.0. The maximum absolute atomic E-state index is 2.54. The third-order valence-electron chi connectivity index (χ3n) is 13.2. The Morgan fingerprint density at radius 1 is 0.351 bits per heavy atom. The van der Waals surface area contributed by atoms with Gasteiger partial charge in [0.15, 0.2) is 0 Å². The van der Waals surface area contributed by atoms with Crippen LogP contribution in [0.1, 0.15) is 47.2 Å². The molecular weight excluding hydrogens is 687 g/mol. The van der Waals surface area contributed by atoms with Crippen LogP contribution in [0, 0.1) is 0 Å². The van der Waals surface area contributed by atoms with Gasteiger partial charge in [-0.3, -0.25) is 0 Å². The van der Waals surface area contributed by atoms with Crippen molar-refractivity contribution < 1.29 is 0 Å². The Hall–Kier alpha value is -6.96. The van der Waals surface area contributed by atoms with E-state index in [1.165, 1.54) is 94.3 Å². The van der Waals surface area contributed by atoms with Crippen LogP contribution in [-0.4, -0.2) is 0 Å². The Kier molecular flexibility index (Phi) is 6.67. The van der Waals surface area contributed by atoms with Gasteiger partial charge in [-0.15, -0.1) is 0 Å². The average molecular weight is 726 g/mol. The van der Waals surface area contributed by atoms with Crippen LogP contribution in [0.3, 0.4) is 0 Å². The molecule has 0 amide bonds. The molecule has 0 fully saturated rings. The van der Waals surface area contributed by atoms with Crippen LogP contribution in [0.5, 0.6) is 0 Å². The fraction of sp³-hybridized carbons (Fsp3) is 0.0714. The van der Waals surface area contributed by atoms with Crippen molar-refractivity contribution in [3.63, 3.8) is 0 Å². The molecule has 0 aromatic heterocycles. The molecule has 268 valence electrons. The summed E-state index contributed by atoms with van der Waals surface area (Å²) in [4.78, 5) is 2.52. The highest BCUT2D eigenvalue weighted by atomic mass is 15.1. The van der Waals surface area contributed by atoms with Gasteiger partial charge in [-0.25, -0.2) is 0 Å².